The van der Waals surface area contributed by atoms with Crippen LogP contribution in [0.4, 0.5) is 0 Å². The fourth-order valence-electron chi connectivity index (χ4n) is 1.43. The molecule has 0 unspecified atom stereocenters. The van der Waals surface area contributed by atoms with Crippen molar-refractivity contribution in [2.75, 3.05) is 13.6 Å². The van der Waals surface area contributed by atoms with Crippen LogP contribution in [0.25, 0.3) is 0 Å². The van der Waals surface area contributed by atoms with Crippen molar-refractivity contribution in [1.82, 2.24) is 9.88 Å². The van der Waals surface area contributed by atoms with E-state index in [2.05, 4.69) is 4.98 Å². The summed E-state index contributed by atoms with van der Waals surface area (Å²) in [5.74, 6) is 0.0626. The minimum absolute atomic E-state index is 0.0103. The first-order valence-electron chi connectivity index (χ1n) is 5.73. The van der Waals surface area contributed by atoms with Gasteiger partial charge in [-0.2, -0.15) is 0 Å². The molecule has 0 aliphatic carbocycles. The zero-order valence-electron chi connectivity index (χ0n) is 10.3. The summed E-state index contributed by atoms with van der Waals surface area (Å²) in [6.45, 7) is 2.13. The van der Waals surface area contributed by atoms with Crippen LogP contribution in [-0.4, -0.2) is 35.2 Å². The monoisotopic (exact) mass is 234 g/mol. The van der Waals surface area contributed by atoms with Crippen LogP contribution < -0.4 is 0 Å². The third-order valence-electron chi connectivity index (χ3n) is 2.55. The Balaban J connectivity index is 2.31. The summed E-state index contributed by atoms with van der Waals surface area (Å²) in [4.78, 5) is 28.2. The fourth-order valence-corrected chi connectivity index (χ4v) is 1.43. The molecule has 1 aromatic rings. The maximum Gasteiger partial charge on any atom is 0.222 e. The van der Waals surface area contributed by atoms with Gasteiger partial charge in [0.05, 0.1) is 0 Å². The van der Waals surface area contributed by atoms with Crippen molar-refractivity contribution in [3.8, 4) is 0 Å². The van der Waals surface area contributed by atoms with Crippen LogP contribution in [0.3, 0.4) is 0 Å². The Labute approximate surface area is 102 Å². The second-order valence-electron chi connectivity index (χ2n) is 4.09. The normalized spacial score (nSPS) is 10.0. The smallest absolute Gasteiger partial charge is 0.222 e. The zero-order chi connectivity index (χ0) is 12.7. The SMILES string of the molecule is CC(=O)CCC(=O)N(C)CCc1ccccn1. The number of nitrogens with zero attached hydrogens (tertiary/aromatic N) is 2. The van der Waals surface area contributed by atoms with Crippen LogP contribution >= 0.6 is 0 Å². The molecule has 0 bridgehead atoms. The Bertz CT molecular complexity index is 376. The van der Waals surface area contributed by atoms with E-state index in [-0.39, 0.29) is 11.7 Å². The van der Waals surface area contributed by atoms with Crippen LogP contribution in [0.2, 0.25) is 0 Å². The molecule has 0 aromatic carbocycles. The predicted octanol–water partition coefficient (Wildman–Crippen LogP) is 1.45. The fraction of sp³-hybridized carbons (Fsp3) is 0.462. The Morgan fingerprint density at radius 2 is 2.06 bits per heavy atom. The van der Waals surface area contributed by atoms with Crippen LogP contribution in [0, 0.1) is 0 Å². The molecule has 1 aromatic heterocycles. The first kappa shape index (κ1) is 13.4. The average molecular weight is 234 g/mol. The highest BCUT2D eigenvalue weighted by Crippen LogP contribution is 2.00. The first-order chi connectivity index (χ1) is 8.09. The van der Waals surface area contributed by atoms with Gasteiger partial charge < -0.3 is 9.69 Å². The van der Waals surface area contributed by atoms with E-state index in [9.17, 15) is 9.59 Å². The number of rotatable bonds is 6. The van der Waals surface area contributed by atoms with E-state index < -0.39 is 0 Å². The highest BCUT2D eigenvalue weighted by atomic mass is 16.2. The predicted molar refractivity (Wildman–Crippen MR) is 65.5 cm³/mol. The molecule has 0 spiro atoms. The molecule has 1 rings (SSSR count). The van der Waals surface area contributed by atoms with Crippen LogP contribution in [0.1, 0.15) is 25.5 Å². The number of aromatic nitrogens is 1. The lowest BCUT2D eigenvalue weighted by atomic mass is 10.2. The van der Waals surface area contributed by atoms with Crippen molar-refractivity contribution >= 4 is 11.7 Å². The maximum atomic E-state index is 11.6. The van der Waals surface area contributed by atoms with E-state index in [1.54, 1.807) is 18.1 Å². The summed E-state index contributed by atoms with van der Waals surface area (Å²) in [5, 5.41) is 0. The van der Waals surface area contributed by atoms with Crippen molar-refractivity contribution in [2.45, 2.75) is 26.2 Å². The molecule has 0 saturated heterocycles. The number of carbonyl (C=O) groups excluding carboxylic acids is 2. The zero-order valence-corrected chi connectivity index (χ0v) is 10.3. The Kier molecular flexibility index (Phi) is 5.33. The van der Waals surface area contributed by atoms with Crippen LogP contribution in [0.5, 0.6) is 0 Å². The molecule has 0 fully saturated rings. The number of pyridine rings is 1. The standard InChI is InChI=1S/C13H18N2O2/c1-11(16)6-7-13(17)15(2)10-8-12-5-3-4-9-14-12/h3-5,9H,6-8,10H2,1-2H3. The molecular weight excluding hydrogens is 216 g/mol. The van der Waals surface area contributed by atoms with Crippen molar-refractivity contribution in [2.24, 2.45) is 0 Å². The Morgan fingerprint density at radius 3 is 2.65 bits per heavy atom. The molecule has 4 nitrogen and oxygen atoms in total. The van der Waals surface area contributed by atoms with Gasteiger partial charge in [0.25, 0.3) is 0 Å². The van der Waals surface area contributed by atoms with E-state index in [0.717, 1.165) is 12.1 Å². The molecule has 92 valence electrons. The van der Waals surface area contributed by atoms with Gasteiger partial charge in [-0.15, -0.1) is 0 Å². The molecule has 17 heavy (non-hydrogen) atoms. The van der Waals surface area contributed by atoms with Gasteiger partial charge >= 0.3 is 0 Å². The molecule has 0 aliphatic rings. The lowest BCUT2D eigenvalue weighted by Crippen LogP contribution is -2.29. The second-order valence-corrected chi connectivity index (χ2v) is 4.09. The number of likely N-dealkylation sites (N-methyl/N-ethyl adjacent to an activating group) is 1. The third-order valence-corrected chi connectivity index (χ3v) is 2.55. The average Bonchev–Trinajstić information content (AvgIpc) is 2.34. The van der Waals surface area contributed by atoms with Crippen LogP contribution in [-0.2, 0) is 16.0 Å². The number of Topliss-reactive ketones (excluding diaryl/α,β-unsaturated/α-hetero) is 1. The lowest BCUT2D eigenvalue weighted by molar-refractivity contribution is -0.131. The summed E-state index contributed by atoms with van der Waals surface area (Å²) in [6.07, 6.45) is 3.11. The number of ketones is 1. The van der Waals surface area contributed by atoms with Crippen molar-refractivity contribution in [3.05, 3.63) is 30.1 Å². The van der Waals surface area contributed by atoms with Gasteiger partial charge in [-0.1, -0.05) is 6.07 Å². The van der Waals surface area contributed by atoms with Gasteiger partial charge in [-0.25, -0.2) is 0 Å². The van der Waals surface area contributed by atoms with Crippen molar-refractivity contribution < 1.29 is 9.59 Å². The molecule has 0 aliphatic heterocycles. The quantitative estimate of drug-likeness (QED) is 0.748. The molecular formula is C13H18N2O2. The van der Waals surface area contributed by atoms with Crippen molar-refractivity contribution in [1.29, 1.82) is 0 Å². The molecule has 4 heteroatoms. The summed E-state index contributed by atoms with van der Waals surface area (Å²) in [7, 11) is 1.76. The van der Waals surface area contributed by atoms with Gasteiger partial charge in [-0.05, 0) is 19.1 Å². The summed E-state index contributed by atoms with van der Waals surface area (Å²) >= 11 is 0. The van der Waals surface area contributed by atoms with Gasteiger partial charge in [0, 0.05) is 44.7 Å². The molecule has 1 amide bonds. The summed E-state index contributed by atoms with van der Waals surface area (Å²) in [6, 6.07) is 5.74. The van der Waals surface area contributed by atoms with E-state index >= 15 is 0 Å². The molecule has 0 saturated carbocycles. The van der Waals surface area contributed by atoms with E-state index in [1.165, 1.54) is 6.92 Å². The number of amides is 1. The minimum atomic E-state index is 0.0103. The number of hydrogen-bond donors (Lipinski definition) is 0. The third kappa shape index (κ3) is 5.24. The lowest BCUT2D eigenvalue weighted by Gasteiger charge is -2.16. The van der Waals surface area contributed by atoms with Crippen molar-refractivity contribution in [3.63, 3.8) is 0 Å². The molecule has 0 atom stereocenters. The topological polar surface area (TPSA) is 50.3 Å². The molecule has 0 N–H and O–H groups in total. The van der Waals surface area contributed by atoms with Gasteiger partial charge in [-0.3, -0.25) is 9.78 Å². The maximum absolute atomic E-state index is 11.6. The Morgan fingerprint density at radius 1 is 1.29 bits per heavy atom. The van der Waals surface area contributed by atoms with Gasteiger partial charge in [0.15, 0.2) is 0 Å². The minimum Gasteiger partial charge on any atom is -0.345 e. The van der Waals surface area contributed by atoms with E-state index in [4.69, 9.17) is 0 Å². The second kappa shape index (κ2) is 6.78. The highest BCUT2D eigenvalue weighted by molar-refractivity contribution is 5.83. The first-order valence-corrected chi connectivity index (χ1v) is 5.73. The summed E-state index contributed by atoms with van der Waals surface area (Å²) in [5.41, 5.74) is 0.971. The molecule has 1 heterocycles. The Hall–Kier alpha value is -1.71. The van der Waals surface area contributed by atoms with E-state index in [1.807, 2.05) is 18.2 Å². The number of carbonyl (C=O) groups is 2. The largest absolute Gasteiger partial charge is 0.345 e. The van der Waals surface area contributed by atoms with Gasteiger partial charge in [0.2, 0.25) is 5.91 Å². The van der Waals surface area contributed by atoms with E-state index in [0.29, 0.717) is 19.4 Å². The summed E-state index contributed by atoms with van der Waals surface area (Å²) < 4.78 is 0. The molecule has 0 radical (unpaired) electrons. The highest BCUT2D eigenvalue weighted by Gasteiger charge is 2.09. The van der Waals surface area contributed by atoms with Gasteiger partial charge in [0.1, 0.15) is 5.78 Å². The van der Waals surface area contributed by atoms with Crippen LogP contribution in [0.15, 0.2) is 24.4 Å². The number of hydrogen-bond acceptors (Lipinski definition) is 3.